The Kier molecular flexibility index (Phi) is 11.8. The van der Waals surface area contributed by atoms with Crippen LogP contribution in [0.15, 0.2) is 97.1 Å². The molecule has 0 spiro atoms. The highest BCUT2D eigenvalue weighted by molar-refractivity contribution is 5.98. The largest absolute Gasteiger partial charge is 0.494 e. The molecule has 2 atom stereocenters. The Labute approximate surface area is 261 Å². The lowest BCUT2D eigenvalue weighted by Gasteiger charge is -2.24. The van der Waals surface area contributed by atoms with Crippen LogP contribution in [0.1, 0.15) is 39.5 Å². The fourth-order valence-electron chi connectivity index (χ4n) is 4.65. The SMILES string of the molecule is CCOc1ccc(CC(NC(=O)c2ccc(F)c(F)c2)C(=O)NC(Cc2ccccc2)C(=O)NCc2ccc(CN)cc2)cc1. The molecule has 4 aromatic carbocycles. The molecule has 0 aromatic heterocycles. The topological polar surface area (TPSA) is 123 Å². The van der Waals surface area contributed by atoms with Gasteiger partial charge in [0.05, 0.1) is 6.61 Å². The quantitative estimate of drug-likeness (QED) is 0.170. The van der Waals surface area contributed by atoms with Gasteiger partial charge in [0.15, 0.2) is 11.6 Å². The van der Waals surface area contributed by atoms with Crippen molar-refractivity contribution in [3.8, 4) is 5.75 Å². The van der Waals surface area contributed by atoms with Crippen LogP contribution >= 0.6 is 0 Å². The lowest BCUT2D eigenvalue weighted by Crippen LogP contribution is -2.55. The van der Waals surface area contributed by atoms with Gasteiger partial charge < -0.3 is 26.4 Å². The molecule has 0 heterocycles. The van der Waals surface area contributed by atoms with E-state index in [9.17, 15) is 23.2 Å². The van der Waals surface area contributed by atoms with Crippen LogP contribution < -0.4 is 26.4 Å². The Hall–Kier alpha value is -5.09. The van der Waals surface area contributed by atoms with Crippen LogP contribution in [0.4, 0.5) is 8.78 Å². The molecular weight excluding hydrogens is 578 g/mol. The number of benzene rings is 4. The molecule has 45 heavy (non-hydrogen) atoms. The number of rotatable bonds is 14. The Morgan fingerprint density at radius 2 is 1.31 bits per heavy atom. The average molecular weight is 615 g/mol. The number of nitrogens with two attached hydrogens (primary N) is 1. The van der Waals surface area contributed by atoms with Crippen LogP contribution in [0.25, 0.3) is 0 Å². The molecule has 0 saturated carbocycles. The van der Waals surface area contributed by atoms with Gasteiger partial charge in [-0.1, -0.05) is 66.7 Å². The van der Waals surface area contributed by atoms with Crippen molar-refractivity contribution in [2.45, 2.75) is 44.9 Å². The van der Waals surface area contributed by atoms with Crippen LogP contribution in [-0.4, -0.2) is 36.4 Å². The fourth-order valence-corrected chi connectivity index (χ4v) is 4.65. The highest BCUT2D eigenvalue weighted by Gasteiger charge is 2.28. The molecule has 0 radical (unpaired) electrons. The minimum Gasteiger partial charge on any atom is -0.494 e. The van der Waals surface area contributed by atoms with Gasteiger partial charge in [-0.2, -0.15) is 0 Å². The zero-order chi connectivity index (χ0) is 32.2. The first kappa shape index (κ1) is 32.8. The normalized spacial score (nSPS) is 12.1. The molecule has 0 saturated heterocycles. The van der Waals surface area contributed by atoms with Gasteiger partial charge in [-0.3, -0.25) is 14.4 Å². The number of nitrogens with one attached hydrogen (secondary N) is 3. The van der Waals surface area contributed by atoms with E-state index in [1.54, 1.807) is 24.3 Å². The number of amides is 3. The molecule has 10 heteroatoms. The average Bonchev–Trinajstić information content (AvgIpc) is 3.05. The van der Waals surface area contributed by atoms with Gasteiger partial charge in [-0.25, -0.2) is 8.78 Å². The van der Waals surface area contributed by atoms with Gasteiger partial charge in [-0.15, -0.1) is 0 Å². The van der Waals surface area contributed by atoms with Crippen LogP contribution in [0.5, 0.6) is 5.75 Å². The van der Waals surface area contributed by atoms with Crippen molar-refractivity contribution in [1.82, 2.24) is 16.0 Å². The summed E-state index contributed by atoms with van der Waals surface area (Å²) < 4.78 is 32.9. The highest BCUT2D eigenvalue weighted by atomic mass is 19.2. The summed E-state index contributed by atoms with van der Waals surface area (Å²) in [6.45, 7) is 2.98. The number of carbonyl (C=O) groups is 3. The second kappa shape index (κ2) is 16.1. The molecule has 0 aliphatic heterocycles. The number of halogens is 2. The summed E-state index contributed by atoms with van der Waals surface area (Å²) in [4.78, 5) is 40.3. The lowest BCUT2D eigenvalue weighted by molar-refractivity contribution is -0.130. The van der Waals surface area contributed by atoms with Gasteiger partial charge in [-0.05, 0) is 59.5 Å². The van der Waals surface area contributed by atoms with Crippen LogP contribution in [-0.2, 0) is 35.5 Å². The highest BCUT2D eigenvalue weighted by Crippen LogP contribution is 2.15. The Balaban J connectivity index is 1.55. The summed E-state index contributed by atoms with van der Waals surface area (Å²) in [7, 11) is 0. The molecule has 0 fully saturated rings. The summed E-state index contributed by atoms with van der Waals surface area (Å²) in [6.07, 6.45) is 0.248. The fraction of sp³-hybridized carbons (Fsp3) is 0.229. The Bertz CT molecular complexity index is 1580. The first-order valence-corrected chi connectivity index (χ1v) is 14.6. The third kappa shape index (κ3) is 9.70. The standard InChI is InChI=1S/C35H36F2N4O4/c1-2-45-28-15-12-24(13-16-28)19-32(40-33(42)27-14-17-29(36)30(37)20-27)35(44)41-31(18-23-6-4-3-5-7-23)34(43)39-22-26-10-8-25(21-38)9-11-26/h3-17,20,31-32H,2,18-19,21-22,38H2,1H3,(H,39,43)(H,40,42)(H,41,44). The second-order valence-corrected chi connectivity index (χ2v) is 10.4. The Morgan fingerprint density at radius 1 is 0.711 bits per heavy atom. The molecule has 0 bridgehead atoms. The summed E-state index contributed by atoms with van der Waals surface area (Å²) in [5.41, 5.74) is 8.86. The predicted molar refractivity (Wildman–Crippen MR) is 167 cm³/mol. The number of hydrogen-bond donors (Lipinski definition) is 4. The van der Waals surface area contributed by atoms with Crippen molar-refractivity contribution < 1.29 is 27.9 Å². The van der Waals surface area contributed by atoms with Crippen molar-refractivity contribution in [3.05, 3.63) is 137 Å². The lowest BCUT2D eigenvalue weighted by atomic mass is 10.0. The molecule has 5 N–H and O–H groups in total. The molecule has 4 rings (SSSR count). The second-order valence-electron chi connectivity index (χ2n) is 10.4. The van der Waals surface area contributed by atoms with Crippen molar-refractivity contribution in [3.63, 3.8) is 0 Å². The molecule has 0 aliphatic rings. The zero-order valence-electron chi connectivity index (χ0n) is 24.9. The van der Waals surface area contributed by atoms with E-state index in [1.807, 2.05) is 61.5 Å². The van der Waals surface area contributed by atoms with E-state index in [1.165, 1.54) is 0 Å². The van der Waals surface area contributed by atoms with Gasteiger partial charge in [0.25, 0.3) is 5.91 Å². The van der Waals surface area contributed by atoms with Crippen LogP contribution in [0.2, 0.25) is 0 Å². The molecular formula is C35H36F2N4O4. The van der Waals surface area contributed by atoms with E-state index in [2.05, 4.69) is 16.0 Å². The van der Waals surface area contributed by atoms with Gasteiger partial charge >= 0.3 is 0 Å². The predicted octanol–water partition coefficient (Wildman–Crippen LogP) is 4.21. The van der Waals surface area contributed by atoms with E-state index >= 15 is 0 Å². The first-order valence-electron chi connectivity index (χ1n) is 14.6. The molecule has 234 valence electrons. The maximum Gasteiger partial charge on any atom is 0.252 e. The minimum absolute atomic E-state index is 0.0564. The van der Waals surface area contributed by atoms with E-state index in [-0.39, 0.29) is 24.9 Å². The number of carbonyl (C=O) groups excluding carboxylic acids is 3. The third-order valence-corrected chi connectivity index (χ3v) is 7.12. The molecule has 4 aromatic rings. The smallest absolute Gasteiger partial charge is 0.252 e. The number of ether oxygens (including phenoxy) is 1. The first-order chi connectivity index (χ1) is 21.7. The summed E-state index contributed by atoms with van der Waals surface area (Å²) in [5, 5.41) is 8.32. The van der Waals surface area contributed by atoms with E-state index < -0.39 is 41.4 Å². The summed E-state index contributed by atoms with van der Waals surface area (Å²) in [6, 6.07) is 24.3. The third-order valence-electron chi connectivity index (χ3n) is 7.12. The van der Waals surface area contributed by atoms with E-state index in [0.29, 0.717) is 24.5 Å². The van der Waals surface area contributed by atoms with E-state index in [4.69, 9.17) is 10.5 Å². The van der Waals surface area contributed by atoms with Crippen molar-refractivity contribution in [2.24, 2.45) is 5.73 Å². The van der Waals surface area contributed by atoms with Crippen molar-refractivity contribution >= 4 is 17.7 Å². The number of hydrogen-bond acceptors (Lipinski definition) is 5. The van der Waals surface area contributed by atoms with E-state index in [0.717, 1.165) is 34.9 Å². The summed E-state index contributed by atoms with van der Waals surface area (Å²) >= 11 is 0. The summed E-state index contributed by atoms with van der Waals surface area (Å²) in [5.74, 6) is -3.45. The monoisotopic (exact) mass is 614 g/mol. The van der Waals surface area contributed by atoms with Crippen molar-refractivity contribution in [1.29, 1.82) is 0 Å². The van der Waals surface area contributed by atoms with Crippen LogP contribution in [0, 0.1) is 11.6 Å². The molecule has 0 aliphatic carbocycles. The zero-order valence-corrected chi connectivity index (χ0v) is 24.9. The molecule has 3 amide bonds. The molecule has 2 unspecified atom stereocenters. The maximum atomic E-state index is 13.9. The van der Waals surface area contributed by atoms with Crippen molar-refractivity contribution in [2.75, 3.05) is 6.61 Å². The molecule has 8 nitrogen and oxygen atoms in total. The van der Waals surface area contributed by atoms with Gasteiger partial charge in [0, 0.05) is 31.5 Å². The van der Waals surface area contributed by atoms with Crippen LogP contribution in [0.3, 0.4) is 0 Å². The Morgan fingerprint density at radius 3 is 1.93 bits per heavy atom. The van der Waals surface area contributed by atoms with Gasteiger partial charge in [0.1, 0.15) is 17.8 Å². The minimum atomic E-state index is -1.19. The van der Waals surface area contributed by atoms with Gasteiger partial charge in [0.2, 0.25) is 11.8 Å². The maximum absolute atomic E-state index is 13.9.